The van der Waals surface area contributed by atoms with Crippen LogP contribution in [0.5, 0.6) is 0 Å². The van der Waals surface area contributed by atoms with Gasteiger partial charge in [-0.05, 0) is 36.8 Å². The second-order valence-corrected chi connectivity index (χ2v) is 6.91. The highest BCUT2D eigenvalue weighted by Gasteiger charge is 2.29. The van der Waals surface area contributed by atoms with Crippen LogP contribution in [-0.2, 0) is 4.74 Å². The molecular weight excluding hydrogens is 384 g/mol. The van der Waals surface area contributed by atoms with Crippen molar-refractivity contribution in [1.82, 2.24) is 0 Å². The van der Waals surface area contributed by atoms with Gasteiger partial charge in [0.1, 0.15) is 17.1 Å². The van der Waals surface area contributed by atoms with Crippen LogP contribution in [0.1, 0.15) is 17.3 Å². The lowest BCUT2D eigenvalue weighted by atomic mass is 9.95. The highest BCUT2D eigenvalue weighted by atomic mass is 35.5. The third-order valence-electron chi connectivity index (χ3n) is 4.59. The minimum atomic E-state index is -0.415. The second kappa shape index (κ2) is 8.38. The van der Waals surface area contributed by atoms with Gasteiger partial charge in [0.25, 0.3) is 0 Å². The van der Waals surface area contributed by atoms with Crippen LogP contribution in [0, 0.1) is 0 Å². The van der Waals surface area contributed by atoms with E-state index in [0.717, 1.165) is 22.3 Å². The maximum Gasteiger partial charge on any atom is 0.342 e. The van der Waals surface area contributed by atoms with Crippen molar-refractivity contribution in [2.24, 2.45) is 0 Å². The highest BCUT2D eigenvalue weighted by Crippen LogP contribution is 2.43. The van der Waals surface area contributed by atoms with Gasteiger partial charge in [-0.2, -0.15) is 0 Å². The van der Waals surface area contributed by atoms with Crippen molar-refractivity contribution in [3.05, 3.63) is 95.5 Å². The average Bonchev–Trinajstić information content (AvgIpc) is 3.16. The Balaban J connectivity index is 2.04. The molecule has 4 aromatic rings. The maximum atomic E-state index is 13.0. The van der Waals surface area contributed by atoms with Gasteiger partial charge in [-0.1, -0.05) is 72.3 Å². The van der Waals surface area contributed by atoms with Gasteiger partial charge in [0.2, 0.25) is 0 Å². The van der Waals surface area contributed by atoms with Crippen molar-refractivity contribution in [3.63, 3.8) is 0 Å². The standard InChI is InChI=1S/C25H19ClO3/c1-2-28-25(27)22-21(17-9-5-3-6-10-17)23(18-11-7-4-8-12-18)29-24(22)19-13-15-20(26)16-14-19/h3-16H,2H2,1H3. The predicted molar refractivity (Wildman–Crippen MR) is 116 cm³/mol. The van der Waals surface area contributed by atoms with E-state index in [2.05, 4.69) is 0 Å². The Kier molecular flexibility index (Phi) is 5.50. The Labute approximate surface area is 174 Å². The lowest BCUT2D eigenvalue weighted by Gasteiger charge is -2.07. The molecule has 4 heteroatoms. The van der Waals surface area contributed by atoms with E-state index in [9.17, 15) is 4.79 Å². The molecule has 0 atom stereocenters. The molecule has 0 bridgehead atoms. The molecule has 0 fully saturated rings. The molecule has 144 valence electrons. The Morgan fingerprint density at radius 3 is 1.93 bits per heavy atom. The first-order valence-electron chi connectivity index (χ1n) is 9.39. The van der Waals surface area contributed by atoms with E-state index in [-0.39, 0.29) is 6.61 Å². The number of carbonyl (C=O) groups is 1. The van der Waals surface area contributed by atoms with Gasteiger partial charge in [-0.25, -0.2) is 4.79 Å². The van der Waals surface area contributed by atoms with E-state index in [1.807, 2.05) is 72.8 Å². The van der Waals surface area contributed by atoms with Gasteiger partial charge in [0, 0.05) is 21.7 Å². The smallest absolute Gasteiger partial charge is 0.342 e. The molecule has 0 unspecified atom stereocenters. The molecule has 0 saturated carbocycles. The number of hydrogen-bond acceptors (Lipinski definition) is 3. The van der Waals surface area contributed by atoms with Crippen LogP contribution in [0.25, 0.3) is 33.8 Å². The van der Waals surface area contributed by atoms with Crippen LogP contribution < -0.4 is 0 Å². The molecule has 4 rings (SSSR count). The number of rotatable bonds is 5. The van der Waals surface area contributed by atoms with E-state index in [1.54, 1.807) is 19.1 Å². The summed E-state index contributed by atoms with van der Waals surface area (Å²) in [5.74, 6) is 0.685. The Morgan fingerprint density at radius 2 is 1.34 bits per heavy atom. The largest absolute Gasteiger partial charge is 0.462 e. The number of esters is 1. The van der Waals surface area contributed by atoms with Gasteiger partial charge in [0.15, 0.2) is 0 Å². The molecule has 0 amide bonds. The van der Waals surface area contributed by atoms with Crippen molar-refractivity contribution in [3.8, 4) is 33.8 Å². The fourth-order valence-corrected chi connectivity index (χ4v) is 3.43. The molecule has 3 aromatic carbocycles. The van der Waals surface area contributed by atoms with Crippen molar-refractivity contribution < 1.29 is 13.9 Å². The van der Waals surface area contributed by atoms with E-state index >= 15 is 0 Å². The van der Waals surface area contributed by atoms with Crippen molar-refractivity contribution >= 4 is 17.6 Å². The van der Waals surface area contributed by atoms with Crippen LogP contribution in [0.4, 0.5) is 0 Å². The summed E-state index contributed by atoms with van der Waals surface area (Å²) in [6.45, 7) is 2.07. The van der Waals surface area contributed by atoms with E-state index < -0.39 is 5.97 Å². The maximum absolute atomic E-state index is 13.0. The van der Waals surface area contributed by atoms with E-state index in [1.165, 1.54) is 0 Å². The Morgan fingerprint density at radius 1 is 0.793 bits per heavy atom. The lowest BCUT2D eigenvalue weighted by Crippen LogP contribution is -2.06. The number of hydrogen-bond donors (Lipinski definition) is 0. The summed E-state index contributed by atoms with van der Waals surface area (Å²) in [6.07, 6.45) is 0. The summed E-state index contributed by atoms with van der Waals surface area (Å²) in [5, 5.41) is 0.615. The summed E-state index contributed by atoms with van der Waals surface area (Å²) >= 11 is 6.06. The number of halogens is 1. The van der Waals surface area contributed by atoms with Gasteiger partial charge in [0.05, 0.1) is 6.61 Å². The van der Waals surface area contributed by atoms with Gasteiger partial charge in [-0.3, -0.25) is 0 Å². The van der Waals surface area contributed by atoms with Crippen LogP contribution in [0.3, 0.4) is 0 Å². The number of carbonyl (C=O) groups excluding carboxylic acids is 1. The van der Waals surface area contributed by atoms with E-state index in [4.69, 9.17) is 20.8 Å². The van der Waals surface area contributed by atoms with Crippen LogP contribution >= 0.6 is 11.6 Å². The molecule has 1 aromatic heterocycles. The summed E-state index contributed by atoms with van der Waals surface area (Å²) in [5.41, 5.74) is 3.67. The Bertz CT molecular complexity index is 1110. The minimum absolute atomic E-state index is 0.277. The molecule has 0 aliphatic heterocycles. The summed E-state index contributed by atoms with van der Waals surface area (Å²) < 4.78 is 11.7. The van der Waals surface area contributed by atoms with Crippen molar-refractivity contribution in [2.75, 3.05) is 6.61 Å². The molecule has 3 nitrogen and oxygen atoms in total. The third-order valence-corrected chi connectivity index (χ3v) is 4.84. The summed E-state index contributed by atoms with van der Waals surface area (Å²) in [4.78, 5) is 13.0. The zero-order valence-corrected chi connectivity index (χ0v) is 16.6. The predicted octanol–water partition coefficient (Wildman–Crippen LogP) is 7.11. The second-order valence-electron chi connectivity index (χ2n) is 6.47. The number of ether oxygens (including phenoxy) is 1. The molecule has 0 aliphatic carbocycles. The zero-order chi connectivity index (χ0) is 20.2. The molecule has 0 saturated heterocycles. The van der Waals surface area contributed by atoms with Gasteiger partial charge in [-0.15, -0.1) is 0 Å². The van der Waals surface area contributed by atoms with Crippen LogP contribution in [0.2, 0.25) is 5.02 Å². The molecular formula is C25H19ClO3. The lowest BCUT2D eigenvalue weighted by molar-refractivity contribution is 0.0527. The summed E-state index contributed by atoms with van der Waals surface area (Å²) in [6, 6.07) is 26.7. The first kappa shape index (κ1) is 19.0. The average molecular weight is 403 g/mol. The highest BCUT2D eigenvalue weighted by molar-refractivity contribution is 6.30. The third kappa shape index (κ3) is 3.82. The molecule has 1 heterocycles. The van der Waals surface area contributed by atoms with Crippen molar-refractivity contribution in [1.29, 1.82) is 0 Å². The topological polar surface area (TPSA) is 39.4 Å². The normalized spacial score (nSPS) is 10.7. The first-order chi connectivity index (χ1) is 14.2. The van der Waals surface area contributed by atoms with E-state index in [0.29, 0.717) is 22.1 Å². The fraction of sp³-hybridized carbons (Fsp3) is 0.0800. The molecule has 0 aliphatic rings. The van der Waals surface area contributed by atoms with Crippen molar-refractivity contribution in [2.45, 2.75) is 6.92 Å². The molecule has 29 heavy (non-hydrogen) atoms. The molecule has 0 radical (unpaired) electrons. The fourth-order valence-electron chi connectivity index (χ4n) is 3.31. The minimum Gasteiger partial charge on any atom is -0.462 e. The zero-order valence-electron chi connectivity index (χ0n) is 15.9. The Hall–Kier alpha value is -3.30. The monoisotopic (exact) mass is 402 g/mol. The molecule has 0 N–H and O–H groups in total. The van der Waals surface area contributed by atoms with Gasteiger partial charge >= 0.3 is 5.97 Å². The van der Waals surface area contributed by atoms with Crippen LogP contribution in [0.15, 0.2) is 89.3 Å². The molecule has 0 spiro atoms. The van der Waals surface area contributed by atoms with Gasteiger partial charge < -0.3 is 9.15 Å². The van der Waals surface area contributed by atoms with Crippen LogP contribution in [-0.4, -0.2) is 12.6 Å². The summed E-state index contributed by atoms with van der Waals surface area (Å²) in [7, 11) is 0. The SMILES string of the molecule is CCOC(=O)c1c(-c2ccc(Cl)cc2)oc(-c2ccccc2)c1-c1ccccc1. The first-order valence-corrected chi connectivity index (χ1v) is 9.77. The number of benzene rings is 3. The number of furan rings is 1. The quantitative estimate of drug-likeness (QED) is 0.334.